The lowest BCUT2D eigenvalue weighted by atomic mass is 9.93. The van der Waals surface area contributed by atoms with Crippen molar-refractivity contribution in [2.24, 2.45) is 22.7 Å². The number of nitrogens with zero attached hydrogens (tertiary/aromatic N) is 1. The van der Waals surface area contributed by atoms with Crippen molar-refractivity contribution in [3.8, 4) is 0 Å². The summed E-state index contributed by atoms with van der Waals surface area (Å²) in [5, 5.41) is 17.1. The third-order valence-corrected chi connectivity index (χ3v) is 3.00. The molecule has 2 amide bonds. The number of hydrogen-bond acceptors (Lipinski definition) is 4. The van der Waals surface area contributed by atoms with Crippen molar-refractivity contribution in [3.63, 3.8) is 0 Å². The van der Waals surface area contributed by atoms with E-state index in [0.717, 1.165) is 0 Å². The fourth-order valence-electron chi connectivity index (χ4n) is 1.99. The number of carbonyl (C=O) groups is 2. The average Bonchev–Trinajstić information content (AvgIpc) is 2.31. The number of hydrogen-bond donors (Lipinski definition) is 4. The van der Waals surface area contributed by atoms with Crippen molar-refractivity contribution in [1.82, 2.24) is 10.6 Å². The summed E-state index contributed by atoms with van der Waals surface area (Å²) in [5.74, 6) is -1.10. The fourth-order valence-corrected chi connectivity index (χ4v) is 1.99. The van der Waals surface area contributed by atoms with Crippen LogP contribution in [0.1, 0.15) is 26.7 Å². The van der Waals surface area contributed by atoms with Crippen LogP contribution >= 0.6 is 0 Å². The number of nitrogens with one attached hydrogen (secondary N) is 2. The summed E-state index contributed by atoms with van der Waals surface area (Å²) in [7, 11) is 0. The van der Waals surface area contributed by atoms with Gasteiger partial charge in [-0.05, 0) is 12.3 Å². The zero-order valence-electron chi connectivity index (χ0n) is 10.6. The minimum Gasteiger partial charge on any atom is -0.409 e. The van der Waals surface area contributed by atoms with Gasteiger partial charge in [0.15, 0.2) is 5.84 Å². The van der Waals surface area contributed by atoms with E-state index in [1.54, 1.807) is 0 Å². The smallest absolute Gasteiger partial charge is 0.231 e. The van der Waals surface area contributed by atoms with Gasteiger partial charge in [0.25, 0.3) is 0 Å². The summed E-state index contributed by atoms with van der Waals surface area (Å²) in [5.41, 5.74) is 5.52. The van der Waals surface area contributed by atoms with Crippen LogP contribution in [0.4, 0.5) is 0 Å². The maximum absolute atomic E-state index is 12.0. The largest absolute Gasteiger partial charge is 0.409 e. The molecule has 1 heterocycles. The van der Waals surface area contributed by atoms with Gasteiger partial charge in [-0.2, -0.15) is 0 Å². The number of piperidine rings is 1. The van der Waals surface area contributed by atoms with Gasteiger partial charge in [-0.3, -0.25) is 9.59 Å². The predicted molar refractivity (Wildman–Crippen MR) is 65.9 cm³/mol. The van der Waals surface area contributed by atoms with E-state index in [2.05, 4.69) is 15.8 Å². The van der Waals surface area contributed by atoms with E-state index in [1.165, 1.54) is 0 Å². The Balaban J connectivity index is 2.59. The molecule has 1 aliphatic heterocycles. The van der Waals surface area contributed by atoms with Crippen LogP contribution in [0.25, 0.3) is 0 Å². The van der Waals surface area contributed by atoms with Gasteiger partial charge in [-0.15, -0.1) is 0 Å². The van der Waals surface area contributed by atoms with E-state index in [1.807, 2.05) is 13.8 Å². The Hall–Kier alpha value is -1.79. The Kier molecular flexibility index (Phi) is 4.94. The minimum atomic E-state index is -0.660. The van der Waals surface area contributed by atoms with Gasteiger partial charge in [0.05, 0.1) is 0 Å². The molecule has 102 valence electrons. The summed E-state index contributed by atoms with van der Waals surface area (Å²) in [4.78, 5) is 23.0. The molecule has 0 aromatic carbocycles. The highest BCUT2D eigenvalue weighted by molar-refractivity contribution is 6.02. The molecule has 2 atom stereocenters. The highest BCUT2D eigenvalue weighted by Gasteiger charge is 2.29. The lowest BCUT2D eigenvalue weighted by molar-refractivity contribution is -0.127. The van der Waals surface area contributed by atoms with Crippen molar-refractivity contribution < 1.29 is 14.8 Å². The first-order chi connectivity index (χ1) is 8.45. The van der Waals surface area contributed by atoms with Crippen LogP contribution in [0.15, 0.2) is 5.16 Å². The van der Waals surface area contributed by atoms with E-state index < -0.39 is 5.92 Å². The average molecular weight is 256 g/mol. The normalized spacial score (nSPS) is 22.5. The summed E-state index contributed by atoms with van der Waals surface area (Å²) in [6.45, 7) is 4.07. The lowest BCUT2D eigenvalue weighted by Crippen LogP contribution is -2.51. The first kappa shape index (κ1) is 14.3. The summed E-state index contributed by atoms with van der Waals surface area (Å²) >= 11 is 0. The van der Waals surface area contributed by atoms with Gasteiger partial charge in [-0.1, -0.05) is 19.0 Å². The van der Waals surface area contributed by atoms with Gasteiger partial charge in [0.2, 0.25) is 11.8 Å². The zero-order valence-corrected chi connectivity index (χ0v) is 10.6. The molecule has 2 unspecified atom stereocenters. The molecule has 7 heteroatoms. The molecule has 1 aliphatic rings. The maximum Gasteiger partial charge on any atom is 0.231 e. The Morgan fingerprint density at radius 1 is 1.61 bits per heavy atom. The Labute approximate surface area is 106 Å². The Morgan fingerprint density at radius 2 is 2.28 bits per heavy atom. The molecule has 0 radical (unpaired) electrons. The first-order valence-electron chi connectivity index (χ1n) is 6.00. The van der Waals surface area contributed by atoms with Gasteiger partial charge in [0.1, 0.15) is 5.92 Å². The molecule has 0 spiro atoms. The highest BCUT2D eigenvalue weighted by Crippen LogP contribution is 2.13. The Morgan fingerprint density at radius 3 is 2.72 bits per heavy atom. The van der Waals surface area contributed by atoms with Crippen LogP contribution < -0.4 is 16.4 Å². The summed E-state index contributed by atoms with van der Waals surface area (Å²) in [6.07, 6.45) is 1.01. The maximum atomic E-state index is 12.0. The second-order valence-corrected chi connectivity index (χ2v) is 4.79. The Bertz CT molecular complexity index is 344. The molecule has 5 N–H and O–H groups in total. The number of oxime groups is 1. The standard InChI is InChI=1S/C11H20N4O3/c1-6(2)9(10(12)15-18)11(17)14-7-3-4-8(16)13-5-7/h6-7,9,18H,3-5H2,1-2H3,(H2,12,15)(H,13,16)(H,14,17). The molecule has 18 heavy (non-hydrogen) atoms. The molecule has 0 aromatic rings. The monoisotopic (exact) mass is 256 g/mol. The molecule has 0 aromatic heterocycles. The SMILES string of the molecule is CC(C)C(C(=O)NC1CCC(=O)NC1)C(N)=NO. The third kappa shape index (κ3) is 3.61. The van der Waals surface area contributed by atoms with Crippen LogP contribution in [0, 0.1) is 11.8 Å². The first-order valence-corrected chi connectivity index (χ1v) is 6.00. The van der Waals surface area contributed by atoms with Crippen molar-refractivity contribution in [2.45, 2.75) is 32.7 Å². The second kappa shape index (κ2) is 6.23. The van der Waals surface area contributed by atoms with Crippen LogP contribution in [-0.2, 0) is 9.59 Å². The predicted octanol–water partition coefficient (Wildman–Crippen LogP) is -0.600. The van der Waals surface area contributed by atoms with E-state index in [-0.39, 0.29) is 29.6 Å². The number of amidine groups is 1. The third-order valence-electron chi connectivity index (χ3n) is 3.00. The minimum absolute atomic E-state index is 0.00246. The second-order valence-electron chi connectivity index (χ2n) is 4.79. The van der Waals surface area contributed by atoms with E-state index in [4.69, 9.17) is 10.9 Å². The number of nitrogens with two attached hydrogens (primary N) is 1. The molecular formula is C11H20N4O3. The molecule has 0 saturated carbocycles. The number of rotatable bonds is 4. The molecule has 1 saturated heterocycles. The highest BCUT2D eigenvalue weighted by atomic mass is 16.4. The molecule has 0 bridgehead atoms. The zero-order chi connectivity index (χ0) is 13.7. The van der Waals surface area contributed by atoms with Gasteiger partial charge in [-0.25, -0.2) is 0 Å². The van der Waals surface area contributed by atoms with Gasteiger partial charge >= 0.3 is 0 Å². The fraction of sp³-hybridized carbons (Fsp3) is 0.727. The molecule has 7 nitrogen and oxygen atoms in total. The van der Waals surface area contributed by atoms with E-state index in [0.29, 0.717) is 19.4 Å². The number of carbonyl (C=O) groups excluding carboxylic acids is 2. The van der Waals surface area contributed by atoms with Crippen LogP contribution in [0.3, 0.4) is 0 Å². The molecule has 1 rings (SSSR count). The number of amides is 2. The molecule has 0 aliphatic carbocycles. The van der Waals surface area contributed by atoms with Crippen LogP contribution in [0.5, 0.6) is 0 Å². The van der Waals surface area contributed by atoms with E-state index in [9.17, 15) is 9.59 Å². The summed E-state index contributed by atoms with van der Waals surface area (Å²) < 4.78 is 0. The van der Waals surface area contributed by atoms with E-state index >= 15 is 0 Å². The van der Waals surface area contributed by atoms with Gasteiger partial charge in [0, 0.05) is 19.0 Å². The molecular weight excluding hydrogens is 236 g/mol. The summed E-state index contributed by atoms with van der Waals surface area (Å²) in [6, 6.07) is -0.0945. The van der Waals surface area contributed by atoms with Gasteiger partial charge < -0.3 is 21.6 Å². The van der Waals surface area contributed by atoms with Crippen molar-refractivity contribution in [3.05, 3.63) is 0 Å². The van der Waals surface area contributed by atoms with Crippen molar-refractivity contribution in [2.75, 3.05) is 6.54 Å². The quantitative estimate of drug-likeness (QED) is 0.232. The van der Waals surface area contributed by atoms with Crippen LogP contribution in [0.2, 0.25) is 0 Å². The lowest BCUT2D eigenvalue weighted by Gasteiger charge is -2.26. The van der Waals surface area contributed by atoms with Crippen LogP contribution in [-0.4, -0.2) is 35.4 Å². The van der Waals surface area contributed by atoms with Crippen molar-refractivity contribution in [1.29, 1.82) is 0 Å². The molecule has 1 fully saturated rings. The topological polar surface area (TPSA) is 117 Å². The van der Waals surface area contributed by atoms with Crippen molar-refractivity contribution >= 4 is 17.6 Å².